The van der Waals surface area contributed by atoms with Gasteiger partial charge >= 0.3 is 0 Å². The number of rotatable bonds is 8. The van der Waals surface area contributed by atoms with Crippen LogP contribution in [0.25, 0.3) is 0 Å². The number of anilines is 1. The van der Waals surface area contributed by atoms with E-state index in [0.29, 0.717) is 5.75 Å². The number of hydrogen-bond acceptors (Lipinski definition) is 3. The predicted octanol–water partition coefficient (Wildman–Crippen LogP) is 4.24. The van der Waals surface area contributed by atoms with E-state index in [9.17, 15) is 5.11 Å². The Kier molecular flexibility index (Phi) is 9.43. The quantitative estimate of drug-likeness (QED) is 0.706. The number of phenols is 1. The van der Waals surface area contributed by atoms with Crippen LogP contribution in [-0.2, 0) is 0 Å². The Labute approximate surface area is 129 Å². The molecule has 116 valence electrons. The van der Waals surface area contributed by atoms with Gasteiger partial charge in [0, 0.05) is 36.4 Å². The molecule has 0 saturated carbocycles. The van der Waals surface area contributed by atoms with Crippen LogP contribution in [0.3, 0.4) is 0 Å². The normalized spacial score (nSPS) is 11.8. The van der Waals surface area contributed by atoms with Crippen LogP contribution in [0.15, 0.2) is 18.2 Å². The summed E-state index contributed by atoms with van der Waals surface area (Å²) < 4.78 is 0. The van der Waals surface area contributed by atoms with E-state index >= 15 is 0 Å². The van der Waals surface area contributed by atoms with Crippen molar-refractivity contribution in [2.45, 2.75) is 52.5 Å². The zero-order valence-electron chi connectivity index (χ0n) is 12.9. The van der Waals surface area contributed by atoms with Crippen molar-refractivity contribution in [2.24, 2.45) is 5.73 Å². The molecule has 0 aromatic heterocycles. The van der Waals surface area contributed by atoms with Crippen LogP contribution in [0.5, 0.6) is 5.75 Å². The van der Waals surface area contributed by atoms with Gasteiger partial charge in [-0.3, -0.25) is 0 Å². The van der Waals surface area contributed by atoms with Crippen molar-refractivity contribution >= 4 is 18.1 Å². The number of nitrogens with zero attached hydrogens (tertiary/aromatic N) is 1. The van der Waals surface area contributed by atoms with Gasteiger partial charge in [-0.05, 0) is 26.3 Å². The zero-order chi connectivity index (χ0) is 14.3. The predicted molar refractivity (Wildman–Crippen MR) is 90.0 cm³/mol. The third kappa shape index (κ3) is 5.22. The van der Waals surface area contributed by atoms with Crippen molar-refractivity contribution in [3.8, 4) is 5.75 Å². The molecule has 1 rings (SSSR count). The molecule has 0 saturated heterocycles. The first-order valence-corrected chi connectivity index (χ1v) is 7.47. The first-order chi connectivity index (χ1) is 9.13. The minimum Gasteiger partial charge on any atom is -0.508 e. The molecule has 0 bridgehead atoms. The second kappa shape index (κ2) is 9.89. The van der Waals surface area contributed by atoms with Crippen LogP contribution in [0, 0.1) is 0 Å². The summed E-state index contributed by atoms with van der Waals surface area (Å²) in [7, 11) is 0. The Morgan fingerprint density at radius 1 is 1.15 bits per heavy atom. The second-order valence-corrected chi connectivity index (χ2v) is 5.02. The van der Waals surface area contributed by atoms with Gasteiger partial charge in [0.25, 0.3) is 0 Å². The topological polar surface area (TPSA) is 49.5 Å². The molecule has 0 spiro atoms. The summed E-state index contributed by atoms with van der Waals surface area (Å²) in [4.78, 5) is 2.21. The Bertz CT molecular complexity index is 381. The van der Waals surface area contributed by atoms with Crippen LogP contribution in [0.4, 0.5) is 5.69 Å². The first-order valence-electron chi connectivity index (χ1n) is 7.47. The smallest absolute Gasteiger partial charge is 0.122 e. The number of nitrogens with two attached hydrogens (primary N) is 1. The van der Waals surface area contributed by atoms with Crippen LogP contribution >= 0.6 is 12.4 Å². The minimum atomic E-state index is -0.0581. The highest BCUT2D eigenvalue weighted by molar-refractivity contribution is 5.85. The lowest BCUT2D eigenvalue weighted by atomic mass is 10.00. The number of phenolic OH excluding ortho intramolecular Hbond substituents is 1. The number of hydrogen-bond donors (Lipinski definition) is 2. The average molecular weight is 301 g/mol. The molecule has 0 fully saturated rings. The Balaban J connectivity index is 0.00000361. The van der Waals surface area contributed by atoms with Gasteiger partial charge in [-0.25, -0.2) is 0 Å². The van der Waals surface area contributed by atoms with Crippen molar-refractivity contribution in [3.63, 3.8) is 0 Å². The van der Waals surface area contributed by atoms with Crippen LogP contribution in [0.1, 0.15) is 58.1 Å². The summed E-state index contributed by atoms with van der Waals surface area (Å²) in [6.45, 7) is 8.30. The Morgan fingerprint density at radius 2 is 1.80 bits per heavy atom. The third-order valence-electron chi connectivity index (χ3n) is 3.66. The molecule has 3 nitrogen and oxygen atoms in total. The van der Waals surface area contributed by atoms with Crippen molar-refractivity contribution in [1.82, 2.24) is 0 Å². The molecule has 0 radical (unpaired) electrons. The number of halogens is 1. The van der Waals surface area contributed by atoms with Gasteiger partial charge in [0.15, 0.2) is 0 Å². The molecule has 3 N–H and O–H groups in total. The maximum atomic E-state index is 10.2. The second-order valence-electron chi connectivity index (χ2n) is 5.02. The number of benzene rings is 1. The summed E-state index contributed by atoms with van der Waals surface area (Å²) >= 11 is 0. The fourth-order valence-corrected chi connectivity index (χ4v) is 2.40. The maximum Gasteiger partial charge on any atom is 0.122 e. The van der Waals surface area contributed by atoms with E-state index in [0.717, 1.165) is 37.2 Å². The first kappa shape index (κ1) is 19.1. The third-order valence-corrected chi connectivity index (χ3v) is 3.66. The molecular weight excluding hydrogens is 272 g/mol. The van der Waals surface area contributed by atoms with Gasteiger partial charge in [0.05, 0.1) is 0 Å². The van der Waals surface area contributed by atoms with E-state index in [2.05, 4.69) is 31.7 Å². The monoisotopic (exact) mass is 300 g/mol. The molecule has 1 aromatic rings. The molecule has 0 heterocycles. The SMILES string of the molecule is CCCCC[C@H](N)c1ccc(N(CC)CC)cc1O.Cl. The fourth-order valence-electron chi connectivity index (χ4n) is 2.40. The maximum absolute atomic E-state index is 10.2. The lowest BCUT2D eigenvalue weighted by Gasteiger charge is -2.22. The van der Waals surface area contributed by atoms with Gasteiger partial charge in [-0.2, -0.15) is 0 Å². The van der Waals surface area contributed by atoms with Crippen molar-refractivity contribution < 1.29 is 5.11 Å². The lowest BCUT2D eigenvalue weighted by Crippen LogP contribution is -2.21. The summed E-state index contributed by atoms with van der Waals surface area (Å²) in [5.41, 5.74) is 8.08. The molecule has 0 aliphatic carbocycles. The van der Waals surface area contributed by atoms with E-state index < -0.39 is 0 Å². The highest BCUT2D eigenvalue weighted by atomic mass is 35.5. The molecule has 0 aliphatic heterocycles. The van der Waals surface area contributed by atoms with Gasteiger partial charge in [-0.15, -0.1) is 12.4 Å². The zero-order valence-corrected chi connectivity index (χ0v) is 13.7. The van der Waals surface area contributed by atoms with Crippen molar-refractivity contribution in [3.05, 3.63) is 23.8 Å². The number of unbranched alkanes of at least 4 members (excludes halogenated alkanes) is 2. The van der Waals surface area contributed by atoms with Crippen LogP contribution < -0.4 is 10.6 Å². The average Bonchev–Trinajstić information content (AvgIpc) is 2.40. The highest BCUT2D eigenvalue weighted by Gasteiger charge is 2.12. The fraction of sp³-hybridized carbons (Fsp3) is 0.625. The van der Waals surface area contributed by atoms with Gasteiger partial charge in [0.1, 0.15) is 5.75 Å². The van der Waals surface area contributed by atoms with Crippen LogP contribution in [0.2, 0.25) is 0 Å². The summed E-state index contributed by atoms with van der Waals surface area (Å²) in [6, 6.07) is 5.81. The van der Waals surface area contributed by atoms with E-state index in [1.165, 1.54) is 12.8 Å². The van der Waals surface area contributed by atoms with Gasteiger partial charge in [-0.1, -0.05) is 32.3 Å². The Hall–Kier alpha value is -0.930. The van der Waals surface area contributed by atoms with E-state index in [-0.39, 0.29) is 18.4 Å². The van der Waals surface area contributed by atoms with E-state index in [4.69, 9.17) is 5.73 Å². The molecule has 0 unspecified atom stereocenters. The summed E-state index contributed by atoms with van der Waals surface area (Å²) in [6.07, 6.45) is 4.45. The molecule has 0 amide bonds. The molecule has 20 heavy (non-hydrogen) atoms. The minimum absolute atomic E-state index is 0. The molecular formula is C16H29ClN2O. The van der Waals surface area contributed by atoms with E-state index in [1.807, 2.05) is 12.1 Å². The Morgan fingerprint density at radius 3 is 2.30 bits per heavy atom. The standard InChI is InChI=1S/C16H28N2O.ClH/c1-4-7-8-9-15(17)14-11-10-13(12-16(14)19)18(5-2)6-3;/h10-12,15,19H,4-9,17H2,1-3H3;1H/t15-;/m0./s1. The van der Waals surface area contributed by atoms with E-state index in [1.54, 1.807) is 0 Å². The molecule has 4 heteroatoms. The lowest BCUT2D eigenvalue weighted by molar-refractivity contribution is 0.455. The summed E-state index contributed by atoms with van der Waals surface area (Å²) in [5, 5.41) is 10.2. The summed E-state index contributed by atoms with van der Waals surface area (Å²) in [5.74, 6) is 0.327. The number of aromatic hydroxyl groups is 1. The molecule has 0 aliphatic rings. The van der Waals surface area contributed by atoms with Crippen LogP contribution in [-0.4, -0.2) is 18.2 Å². The van der Waals surface area contributed by atoms with Gasteiger partial charge in [0.2, 0.25) is 0 Å². The van der Waals surface area contributed by atoms with Crippen molar-refractivity contribution in [2.75, 3.05) is 18.0 Å². The van der Waals surface area contributed by atoms with Gasteiger partial charge < -0.3 is 15.7 Å². The largest absolute Gasteiger partial charge is 0.508 e. The molecule has 1 aromatic carbocycles. The van der Waals surface area contributed by atoms with Crippen molar-refractivity contribution in [1.29, 1.82) is 0 Å². The molecule has 1 atom stereocenters. The highest BCUT2D eigenvalue weighted by Crippen LogP contribution is 2.30.